The summed E-state index contributed by atoms with van der Waals surface area (Å²) in [7, 11) is 0. The Balaban J connectivity index is 1.72. The molecule has 2 aromatic rings. The van der Waals surface area contributed by atoms with Gasteiger partial charge in [0.15, 0.2) is 0 Å². The molecule has 32 heavy (non-hydrogen) atoms. The molecule has 6 atom stereocenters. The number of hydrogen-bond acceptors (Lipinski definition) is 6. The molecule has 2 heterocycles. The van der Waals surface area contributed by atoms with Gasteiger partial charge in [-0.05, 0) is 59.6 Å². The lowest BCUT2D eigenvalue weighted by Crippen LogP contribution is -2.55. The first-order chi connectivity index (χ1) is 15.4. The summed E-state index contributed by atoms with van der Waals surface area (Å²) in [6.07, 6.45) is -3.15. The topological polar surface area (TPSA) is 99.4 Å². The van der Waals surface area contributed by atoms with Crippen molar-refractivity contribution in [2.24, 2.45) is 0 Å². The number of aliphatic hydroxyl groups excluding tert-OH is 4. The van der Waals surface area contributed by atoms with Crippen molar-refractivity contribution in [3.8, 4) is 0 Å². The number of ether oxygens (including phenoxy) is 2. The summed E-state index contributed by atoms with van der Waals surface area (Å²) < 4.78 is 11.5. The minimum Gasteiger partial charge on any atom is -0.394 e. The average Bonchev–Trinajstić information content (AvgIpc) is 3.34. The fourth-order valence-electron chi connectivity index (χ4n) is 4.87. The maximum absolute atomic E-state index is 10.7. The summed E-state index contributed by atoms with van der Waals surface area (Å²) in [6, 6.07) is 12.7. The van der Waals surface area contributed by atoms with Crippen LogP contribution in [0.25, 0.3) is 0 Å². The number of rotatable bonds is 6. The molecular formula is C26H34O6. The SMILES string of the molecule is CCc1ccc(Cc2cc([C@@H]3O[C@H](CO)[C@@H](O)[C@H](O)[C@H]3O)cc([C@@H]3CCOC3)c2C)cc1. The van der Waals surface area contributed by atoms with Crippen LogP contribution in [0.4, 0.5) is 0 Å². The summed E-state index contributed by atoms with van der Waals surface area (Å²) in [5.74, 6) is 0.265. The molecule has 0 aromatic heterocycles. The predicted octanol–water partition coefficient (Wildman–Crippen LogP) is 2.17. The van der Waals surface area contributed by atoms with Gasteiger partial charge in [0.25, 0.3) is 0 Å². The highest BCUT2D eigenvalue weighted by Gasteiger charge is 2.44. The van der Waals surface area contributed by atoms with Crippen LogP contribution in [0, 0.1) is 6.92 Å². The van der Waals surface area contributed by atoms with Crippen LogP contribution in [-0.2, 0) is 22.3 Å². The highest BCUT2D eigenvalue weighted by atomic mass is 16.5. The lowest BCUT2D eigenvalue weighted by atomic mass is 9.84. The average molecular weight is 443 g/mol. The second kappa shape index (κ2) is 10.00. The molecule has 2 aromatic carbocycles. The molecule has 2 fully saturated rings. The van der Waals surface area contributed by atoms with Crippen LogP contribution < -0.4 is 0 Å². The van der Waals surface area contributed by atoms with Crippen molar-refractivity contribution in [3.05, 3.63) is 69.8 Å². The van der Waals surface area contributed by atoms with Gasteiger partial charge in [0.1, 0.15) is 30.5 Å². The minimum atomic E-state index is -1.39. The molecule has 4 rings (SSSR count). The Morgan fingerprint density at radius 2 is 1.69 bits per heavy atom. The van der Waals surface area contributed by atoms with Gasteiger partial charge >= 0.3 is 0 Å². The summed E-state index contributed by atoms with van der Waals surface area (Å²) in [4.78, 5) is 0. The van der Waals surface area contributed by atoms with Gasteiger partial charge in [0, 0.05) is 12.5 Å². The van der Waals surface area contributed by atoms with Gasteiger partial charge in [-0.25, -0.2) is 0 Å². The van der Waals surface area contributed by atoms with Crippen molar-refractivity contribution in [1.82, 2.24) is 0 Å². The molecule has 4 N–H and O–H groups in total. The Morgan fingerprint density at radius 3 is 2.31 bits per heavy atom. The van der Waals surface area contributed by atoms with Gasteiger partial charge in [-0.2, -0.15) is 0 Å². The maximum atomic E-state index is 10.7. The highest BCUT2D eigenvalue weighted by Crippen LogP contribution is 2.37. The van der Waals surface area contributed by atoms with Crippen LogP contribution in [0.3, 0.4) is 0 Å². The molecule has 0 aliphatic carbocycles. The van der Waals surface area contributed by atoms with E-state index in [1.807, 2.05) is 12.1 Å². The van der Waals surface area contributed by atoms with E-state index in [9.17, 15) is 20.4 Å². The Hall–Kier alpha value is -1.80. The summed E-state index contributed by atoms with van der Waals surface area (Å²) in [6.45, 7) is 5.21. The third-order valence-corrected chi connectivity index (χ3v) is 6.99. The van der Waals surface area contributed by atoms with E-state index in [0.717, 1.165) is 42.6 Å². The van der Waals surface area contributed by atoms with Gasteiger partial charge in [-0.3, -0.25) is 0 Å². The molecule has 2 aliphatic rings. The van der Waals surface area contributed by atoms with Crippen LogP contribution >= 0.6 is 0 Å². The molecule has 0 spiro atoms. The first kappa shape index (κ1) is 23.4. The second-order valence-corrected chi connectivity index (χ2v) is 9.05. The molecule has 0 saturated carbocycles. The molecule has 0 unspecified atom stereocenters. The van der Waals surface area contributed by atoms with Crippen molar-refractivity contribution < 1.29 is 29.9 Å². The summed E-state index contributed by atoms with van der Waals surface area (Å²) >= 11 is 0. The Bertz CT molecular complexity index is 903. The van der Waals surface area contributed by atoms with E-state index in [0.29, 0.717) is 6.61 Å². The van der Waals surface area contributed by atoms with Crippen molar-refractivity contribution in [1.29, 1.82) is 0 Å². The van der Waals surface area contributed by atoms with Crippen LogP contribution in [0.5, 0.6) is 0 Å². The monoisotopic (exact) mass is 442 g/mol. The summed E-state index contributed by atoms with van der Waals surface area (Å²) in [5.41, 5.74) is 6.74. The fourth-order valence-corrected chi connectivity index (χ4v) is 4.87. The number of benzene rings is 2. The molecule has 0 radical (unpaired) electrons. The fraction of sp³-hybridized carbons (Fsp3) is 0.538. The maximum Gasteiger partial charge on any atom is 0.113 e. The van der Waals surface area contributed by atoms with Gasteiger partial charge < -0.3 is 29.9 Å². The van der Waals surface area contributed by atoms with E-state index in [1.54, 1.807) is 0 Å². The van der Waals surface area contributed by atoms with Crippen molar-refractivity contribution in [2.45, 2.75) is 69.5 Å². The molecule has 0 bridgehead atoms. The molecule has 2 saturated heterocycles. The van der Waals surface area contributed by atoms with E-state index >= 15 is 0 Å². The van der Waals surface area contributed by atoms with Crippen LogP contribution in [0.2, 0.25) is 0 Å². The Labute approximate surface area is 189 Å². The second-order valence-electron chi connectivity index (χ2n) is 9.05. The molecule has 174 valence electrons. The van der Waals surface area contributed by atoms with Crippen LogP contribution in [-0.4, -0.2) is 64.7 Å². The number of hydrogen-bond donors (Lipinski definition) is 4. The number of aryl methyl sites for hydroxylation is 1. The third-order valence-electron chi connectivity index (χ3n) is 6.99. The molecule has 2 aliphatic heterocycles. The molecule has 6 nitrogen and oxygen atoms in total. The molecular weight excluding hydrogens is 408 g/mol. The zero-order chi connectivity index (χ0) is 22.8. The van der Waals surface area contributed by atoms with Crippen LogP contribution in [0.1, 0.15) is 58.7 Å². The van der Waals surface area contributed by atoms with E-state index < -0.39 is 37.1 Å². The quantitative estimate of drug-likeness (QED) is 0.547. The van der Waals surface area contributed by atoms with E-state index in [-0.39, 0.29) is 5.92 Å². The zero-order valence-electron chi connectivity index (χ0n) is 18.8. The van der Waals surface area contributed by atoms with Crippen molar-refractivity contribution in [3.63, 3.8) is 0 Å². The normalized spacial score (nSPS) is 30.6. The van der Waals surface area contributed by atoms with Crippen molar-refractivity contribution >= 4 is 0 Å². The standard InChI is InChI=1S/C26H34O6/c1-3-16-4-6-17(7-5-16)10-19-11-20(12-21(15(19)2)18-8-9-31-14-18)26-25(30)24(29)23(28)22(13-27)32-26/h4-7,11-12,18,22-30H,3,8-10,13-14H2,1-2H3/t18-,22-,23-,24+,25-,26+/m1/s1. The minimum absolute atomic E-state index is 0.265. The van der Waals surface area contributed by atoms with Crippen LogP contribution in [0.15, 0.2) is 36.4 Å². The van der Waals surface area contributed by atoms with Gasteiger partial charge in [-0.1, -0.05) is 43.3 Å². The van der Waals surface area contributed by atoms with E-state index in [4.69, 9.17) is 9.47 Å². The lowest BCUT2D eigenvalue weighted by molar-refractivity contribution is -0.231. The Kier molecular flexibility index (Phi) is 7.30. The summed E-state index contributed by atoms with van der Waals surface area (Å²) in [5, 5.41) is 40.8. The van der Waals surface area contributed by atoms with Gasteiger partial charge in [-0.15, -0.1) is 0 Å². The number of aliphatic hydroxyl groups is 4. The van der Waals surface area contributed by atoms with Gasteiger partial charge in [0.05, 0.1) is 13.2 Å². The molecule has 0 amide bonds. The lowest BCUT2D eigenvalue weighted by Gasteiger charge is -2.40. The predicted molar refractivity (Wildman–Crippen MR) is 121 cm³/mol. The Morgan fingerprint density at radius 1 is 0.969 bits per heavy atom. The first-order valence-corrected chi connectivity index (χ1v) is 11.5. The largest absolute Gasteiger partial charge is 0.394 e. The van der Waals surface area contributed by atoms with Gasteiger partial charge in [0.2, 0.25) is 0 Å². The van der Waals surface area contributed by atoms with E-state index in [1.165, 1.54) is 16.7 Å². The molecule has 6 heteroatoms. The van der Waals surface area contributed by atoms with E-state index in [2.05, 4.69) is 38.1 Å². The smallest absolute Gasteiger partial charge is 0.113 e. The third kappa shape index (κ3) is 4.62. The zero-order valence-corrected chi connectivity index (χ0v) is 18.8. The highest BCUT2D eigenvalue weighted by molar-refractivity contribution is 5.44. The van der Waals surface area contributed by atoms with Crippen molar-refractivity contribution in [2.75, 3.05) is 19.8 Å². The first-order valence-electron chi connectivity index (χ1n) is 11.5.